The van der Waals surface area contributed by atoms with Crippen molar-refractivity contribution in [3.8, 4) is 5.75 Å². The average Bonchev–Trinajstić information content (AvgIpc) is 3.30. The minimum Gasteiger partial charge on any atom is -0.495 e. The van der Waals surface area contributed by atoms with Gasteiger partial charge in [-0.15, -0.1) is 11.8 Å². The number of hydrogen-bond donors (Lipinski definition) is 1. The molecule has 2 aromatic carbocycles. The van der Waals surface area contributed by atoms with Gasteiger partial charge < -0.3 is 19.9 Å². The summed E-state index contributed by atoms with van der Waals surface area (Å²) in [5, 5.41) is 2.25. The lowest BCUT2D eigenvalue weighted by atomic mass is 10.2. The lowest BCUT2D eigenvalue weighted by molar-refractivity contribution is -0.134. The first-order valence-corrected chi connectivity index (χ1v) is 11.2. The Morgan fingerprint density at radius 1 is 1.19 bits per heavy atom. The summed E-state index contributed by atoms with van der Waals surface area (Å²) < 4.78 is 5.12. The summed E-state index contributed by atoms with van der Waals surface area (Å²) in [6.45, 7) is 1.14. The van der Waals surface area contributed by atoms with Crippen LogP contribution >= 0.6 is 23.4 Å². The highest BCUT2D eigenvalue weighted by atomic mass is 35.5. The Morgan fingerprint density at radius 3 is 2.65 bits per heavy atom. The number of carbonyl (C=O) groups is 3. The third kappa shape index (κ3) is 4.50. The number of benzene rings is 2. The molecular formula is C22H22ClN3O4S. The monoisotopic (exact) mass is 459 g/mol. The molecule has 2 aliphatic rings. The molecule has 9 heteroatoms. The molecule has 0 spiro atoms. The zero-order valence-corrected chi connectivity index (χ0v) is 18.5. The smallest absolute Gasteiger partial charge is 0.250 e. The van der Waals surface area contributed by atoms with Crippen molar-refractivity contribution in [1.29, 1.82) is 0 Å². The molecule has 1 atom stereocenters. The zero-order chi connectivity index (χ0) is 22.0. The van der Waals surface area contributed by atoms with E-state index in [4.69, 9.17) is 16.3 Å². The summed E-state index contributed by atoms with van der Waals surface area (Å²) in [6, 6.07) is 12.2. The maximum Gasteiger partial charge on any atom is 0.250 e. The Hall–Kier alpha value is -2.71. The number of ether oxygens (including phenoxy) is 1. The Labute approximate surface area is 189 Å². The van der Waals surface area contributed by atoms with Gasteiger partial charge in [-0.1, -0.05) is 23.7 Å². The molecular weight excluding hydrogens is 438 g/mol. The van der Waals surface area contributed by atoms with E-state index in [9.17, 15) is 14.4 Å². The van der Waals surface area contributed by atoms with Crippen LogP contribution in [-0.4, -0.2) is 54.6 Å². The van der Waals surface area contributed by atoms with Crippen LogP contribution in [0.2, 0.25) is 5.02 Å². The summed E-state index contributed by atoms with van der Waals surface area (Å²) in [4.78, 5) is 42.9. The highest BCUT2D eigenvalue weighted by molar-refractivity contribution is 8.01. The number of nitrogens with one attached hydrogen (secondary N) is 1. The van der Waals surface area contributed by atoms with Gasteiger partial charge in [0.05, 0.1) is 17.8 Å². The zero-order valence-electron chi connectivity index (χ0n) is 17.0. The van der Waals surface area contributed by atoms with Gasteiger partial charge in [-0.05, 0) is 43.2 Å². The van der Waals surface area contributed by atoms with E-state index in [-0.39, 0.29) is 24.3 Å². The second-order valence-corrected chi connectivity index (χ2v) is 8.87. The minimum atomic E-state index is -0.878. The minimum absolute atomic E-state index is 0.186. The van der Waals surface area contributed by atoms with Crippen LogP contribution in [0, 0.1) is 0 Å². The maximum absolute atomic E-state index is 13.3. The Kier molecular flexibility index (Phi) is 6.38. The number of likely N-dealkylation sites (tertiary alicyclic amines) is 1. The number of para-hydroxylation sites is 1. The van der Waals surface area contributed by atoms with Crippen LogP contribution in [0.1, 0.15) is 12.8 Å². The molecule has 4 rings (SSSR count). The lowest BCUT2D eigenvalue weighted by Gasteiger charge is -2.34. The topological polar surface area (TPSA) is 79.0 Å². The largest absolute Gasteiger partial charge is 0.495 e. The van der Waals surface area contributed by atoms with Crippen LogP contribution in [0.4, 0.5) is 11.4 Å². The number of anilines is 2. The third-order valence-electron chi connectivity index (χ3n) is 5.27. The molecule has 7 nitrogen and oxygen atoms in total. The molecule has 3 amide bonds. The quantitative estimate of drug-likeness (QED) is 0.693. The van der Waals surface area contributed by atoms with E-state index in [2.05, 4.69) is 5.32 Å². The Balaban J connectivity index is 1.54. The first kappa shape index (κ1) is 21.5. The van der Waals surface area contributed by atoms with Crippen molar-refractivity contribution in [3.05, 3.63) is 47.5 Å². The fourth-order valence-electron chi connectivity index (χ4n) is 3.73. The molecule has 0 radical (unpaired) electrons. The normalized spacial score (nSPS) is 18.0. The van der Waals surface area contributed by atoms with E-state index in [0.29, 0.717) is 35.2 Å². The van der Waals surface area contributed by atoms with Crippen molar-refractivity contribution < 1.29 is 19.1 Å². The molecule has 2 aliphatic heterocycles. The van der Waals surface area contributed by atoms with Crippen molar-refractivity contribution in [2.45, 2.75) is 23.0 Å². The highest BCUT2D eigenvalue weighted by Crippen LogP contribution is 2.40. The number of nitrogens with zero attached hydrogens (tertiary/aromatic N) is 2. The fraction of sp³-hybridized carbons (Fsp3) is 0.318. The molecule has 31 heavy (non-hydrogen) atoms. The molecule has 0 aromatic heterocycles. The van der Waals surface area contributed by atoms with Crippen molar-refractivity contribution >= 4 is 52.5 Å². The van der Waals surface area contributed by atoms with Crippen LogP contribution in [0.5, 0.6) is 5.75 Å². The molecule has 0 aliphatic carbocycles. The lowest BCUT2D eigenvalue weighted by Crippen LogP contribution is -2.51. The molecule has 1 saturated heterocycles. The van der Waals surface area contributed by atoms with Crippen molar-refractivity contribution in [2.24, 2.45) is 0 Å². The second kappa shape index (κ2) is 9.20. The van der Waals surface area contributed by atoms with Crippen LogP contribution in [0.25, 0.3) is 0 Å². The number of hydrogen-bond acceptors (Lipinski definition) is 5. The van der Waals surface area contributed by atoms with Gasteiger partial charge in [0, 0.05) is 23.7 Å². The van der Waals surface area contributed by atoms with Crippen LogP contribution < -0.4 is 15.0 Å². The molecule has 0 bridgehead atoms. The molecule has 0 saturated carbocycles. The van der Waals surface area contributed by atoms with Gasteiger partial charge in [-0.25, -0.2) is 0 Å². The van der Waals surface area contributed by atoms with Gasteiger partial charge in [0.25, 0.3) is 5.91 Å². The summed E-state index contributed by atoms with van der Waals surface area (Å²) in [7, 11) is 1.51. The van der Waals surface area contributed by atoms with E-state index >= 15 is 0 Å². The van der Waals surface area contributed by atoms with Crippen molar-refractivity contribution in [2.75, 3.05) is 37.0 Å². The highest BCUT2D eigenvalue weighted by Gasteiger charge is 2.41. The molecule has 1 N–H and O–H groups in total. The van der Waals surface area contributed by atoms with Gasteiger partial charge in [-0.3, -0.25) is 14.4 Å². The number of carbonyl (C=O) groups excluding carboxylic acids is 3. The van der Waals surface area contributed by atoms with Gasteiger partial charge in [-0.2, -0.15) is 0 Å². The molecule has 162 valence electrons. The number of rotatable bonds is 5. The van der Waals surface area contributed by atoms with Gasteiger partial charge in [0.15, 0.2) is 5.25 Å². The van der Waals surface area contributed by atoms with E-state index in [1.165, 1.54) is 23.8 Å². The van der Waals surface area contributed by atoms with Crippen LogP contribution in [-0.2, 0) is 14.4 Å². The number of thioether (sulfide) groups is 1. The van der Waals surface area contributed by atoms with Gasteiger partial charge in [0.1, 0.15) is 12.3 Å². The fourth-order valence-corrected chi connectivity index (χ4v) is 5.17. The SMILES string of the molecule is COc1ccc(NC(=O)CN2C(=O)C(C(=O)N3CCCC3)Sc3ccccc32)cc1Cl. The predicted molar refractivity (Wildman–Crippen MR) is 121 cm³/mol. The number of methoxy groups -OCH3 is 1. The first-order chi connectivity index (χ1) is 15.0. The Bertz CT molecular complexity index is 1030. The summed E-state index contributed by atoms with van der Waals surface area (Å²) in [6.07, 6.45) is 1.90. The predicted octanol–water partition coefficient (Wildman–Crippen LogP) is 3.42. The summed E-state index contributed by atoms with van der Waals surface area (Å²) >= 11 is 7.38. The maximum atomic E-state index is 13.3. The van der Waals surface area contributed by atoms with E-state index in [1.807, 2.05) is 18.2 Å². The number of amides is 3. The number of halogens is 1. The molecule has 2 aromatic rings. The van der Waals surface area contributed by atoms with Gasteiger partial charge in [0.2, 0.25) is 11.8 Å². The third-order valence-corrected chi connectivity index (χ3v) is 6.80. The van der Waals surface area contributed by atoms with Crippen molar-refractivity contribution in [3.63, 3.8) is 0 Å². The second-order valence-electron chi connectivity index (χ2n) is 7.32. The summed E-state index contributed by atoms with van der Waals surface area (Å²) in [5.74, 6) is -0.443. The van der Waals surface area contributed by atoms with Crippen molar-refractivity contribution in [1.82, 2.24) is 4.90 Å². The molecule has 1 unspecified atom stereocenters. The molecule has 2 heterocycles. The van der Waals surface area contributed by atoms with E-state index in [1.54, 1.807) is 29.2 Å². The first-order valence-electron chi connectivity index (χ1n) is 9.97. The Morgan fingerprint density at radius 2 is 1.94 bits per heavy atom. The number of fused-ring (bicyclic) bond motifs is 1. The van der Waals surface area contributed by atoms with Crippen LogP contribution in [0.3, 0.4) is 0 Å². The summed E-state index contributed by atoms with van der Waals surface area (Å²) in [5.41, 5.74) is 1.12. The standard InChI is InChI=1S/C22H22ClN3O4S/c1-30-17-9-8-14(12-15(17)23)24-19(27)13-26-16-6-2-3-7-18(16)31-20(22(26)29)21(28)25-10-4-5-11-25/h2-3,6-9,12,20H,4-5,10-11,13H2,1H3,(H,24,27). The average molecular weight is 460 g/mol. The van der Waals surface area contributed by atoms with E-state index < -0.39 is 5.25 Å². The van der Waals surface area contributed by atoms with Gasteiger partial charge >= 0.3 is 0 Å². The van der Waals surface area contributed by atoms with Crippen LogP contribution in [0.15, 0.2) is 47.4 Å². The molecule has 1 fully saturated rings. The van der Waals surface area contributed by atoms with E-state index in [0.717, 1.165) is 17.7 Å².